The average molecular weight is 321 g/mol. The molecule has 0 radical (unpaired) electrons. The van der Waals surface area contributed by atoms with E-state index in [0.29, 0.717) is 17.4 Å². The van der Waals surface area contributed by atoms with Gasteiger partial charge in [0.15, 0.2) is 0 Å². The molecule has 1 unspecified atom stereocenters. The molecule has 0 bridgehead atoms. The summed E-state index contributed by atoms with van der Waals surface area (Å²) in [4.78, 5) is 4.55. The topological polar surface area (TPSA) is 85.1 Å². The summed E-state index contributed by atoms with van der Waals surface area (Å²) in [6.07, 6.45) is 4.37. The minimum absolute atomic E-state index is 0.238. The molecule has 0 spiro atoms. The zero-order valence-electron chi connectivity index (χ0n) is 13.0. The zero-order chi connectivity index (χ0) is 16.2. The van der Waals surface area contributed by atoms with Crippen molar-refractivity contribution in [3.8, 4) is 0 Å². The van der Waals surface area contributed by atoms with E-state index in [1.807, 2.05) is 6.92 Å². The molecule has 2 aromatic rings. The van der Waals surface area contributed by atoms with Gasteiger partial charge in [-0.3, -0.25) is 4.98 Å². The molecular weight excluding hydrogens is 298 g/mol. The number of nitrogens with one attached hydrogen (secondary N) is 1. The quantitative estimate of drug-likeness (QED) is 0.819. The number of hydrogen-bond acceptors (Lipinski definition) is 4. The van der Waals surface area contributed by atoms with Gasteiger partial charge in [0, 0.05) is 24.2 Å². The van der Waals surface area contributed by atoms with Crippen LogP contribution in [0, 0.1) is 6.92 Å². The predicted molar refractivity (Wildman–Crippen MR) is 89.2 cm³/mol. The highest BCUT2D eigenvalue weighted by Crippen LogP contribution is 2.24. The summed E-state index contributed by atoms with van der Waals surface area (Å²) in [5.74, 6) is 0. The first kappa shape index (κ1) is 16.9. The van der Waals surface area contributed by atoms with Crippen molar-refractivity contribution >= 4 is 20.9 Å². The van der Waals surface area contributed by atoms with Crippen LogP contribution in [0.5, 0.6) is 0 Å². The number of hydrogen-bond donors (Lipinski definition) is 2. The number of aromatic nitrogens is 1. The van der Waals surface area contributed by atoms with Crippen molar-refractivity contribution in [3.63, 3.8) is 0 Å². The van der Waals surface area contributed by atoms with Crippen molar-refractivity contribution in [2.75, 3.05) is 6.54 Å². The number of fused-ring (bicyclic) bond motifs is 1. The molecule has 0 amide bonds. The molecule has 1 aromatic carbocycles. The van der Waals surface area contributed by atoms with E-state index in [1.54, 1.807) is 30.5 Å². The lowest BCUT2D eigenvalue weighted by atomic mass is 10.1. The summed E-state index contributed by atoms with van der Waals surface area (Å²) in [6.45, 7) is 4.28. The molecule has 5 nitrogen and oxygen atoms in total. The Labute approximate surface area is 132 Å². The number of nitrogens with zero attached hydrogens (tertiary/aromatic N) is 1. The first-order valence-electron chi connectivity index (χ1n) is 7.56. The highest BCUT2D eigenvalue weighted by Gasteiger charge is 2.21. The van der Waals surface area contributed by atoms with Gasteiger partial charge in [-0.15, -0.1) is 0 Å². The first-order chi connectivity index (χ1) is 10.5. The van der Waals surface area contributed by atoms with E-state index in [4.69, 9.17) is 5.73 Å². The normalized spacial score (nSPS) is 13.4. The lowest BCUT2D eigenvalue weighted by molar-refractivity contribution is 0.517. The number of nitrogens with two attached hydrogens (primary N) is 1. The number of aryl methyl sites for hydroxylation is 1. The summed E-state index contributed by atoms with van der Waals surface area (Å²) >= 11 is 0. The summed E-state index contributed by atoms with van der Waals surface area (Å²) in [7, 11) is -3.62. The molecule has 0 fully saturated rings. The highest BCUT2D eigenvalue weighted by atomic mass is 32.2. The van der Waals surface area contributed by atoms with Crippen LogP contribution in [0.3, 0.4) is 0 Å². The second kappa shape index (κ2) is 7.17. The fraction of sp³-hybridized carbons (Fsp3) is 0.438. The van der Waals surface area contributed by atoms with Gasteiger partial charge in [0.25, 0.3) is 0 Å². The van der Waals surface area contributed by atoms with E-state index in [-0.39, 0.29) is 10.9 Å². The largest absolute Gasteiger partial charge is 0.329 e. The molecule has 0 aliphatic rings. The first-order valence-corrected chi connectivity index (χ1v) is 9.04. The maximum absolute atomic E-state index is 12.7. The van der Waals surface area contributed by atoms with Crippen LogP contribution in [0.25, 0.3) is 10.9 Å². The van der Waals surface area contributed by atoms with Gasteiger partial charge in [-0.05, 0) is 37.1 Å². The lowest BCUT2D eigenvalue weighted by Gasteiger charge is -2.17. The van der Waals surface area contributed by atoms with E-state index in [9.17, 15) is 8.42 Å². The van der Waals surface area contributed by atoms with Crippen LogP contribution in [0.2, 0.25) is 0 Å². The fourth-order valence-corrected chi connectivity index (χ4v) is 3.96. The van der Waals surface area contributed by atoms with Crippen molar-refractivity contribution in [1.82, 2.24) is 9.71 Å². The summed E-state index contributed by atoms with van der Waals surface area (Å²) in [5.41, 5.74) is 7.36. The maximum atomic E-state index is 12.7. The molecule has 22 heavy (non-hydrogen) atoms. The van der Waals surface area contributed by atoms with E-state index < -0.39 is 10.0 Å². The van der Waals surface area contributed by atoms with E-state index in [1.165, 1.54) is 0 Å². The number of pyridine rings is 1. The second-order valence-corrected chi connectivity index (χ2v) is 7.16. The van der Waals surface area contributed by atoms with Crippen LogP contribution in [-0.2, 0) is 10.0 Å². The van der Waals surface area contributed by atoms with E-state index in [2.05, 4.69) is 16.6 Å². The monoisotopic (exact) mass is 321 g/mol. The third-order valence-electron chi connectivity index (χ3n) is 3.73. The summed E-state index contributed by atoms with van der Waals surface area (Å²) < 4.78 is 28.1. The van der Waals surface area contributed by atoms with Gasteiger partial charge in [-0.1, -0.05) is 25.8 Å². The maximum Gasteiger partial charge on any atom is 0.241 e. The third kappa shape index (κ3) is 3.63. The second-order valence-electron chi connectivity index (χ2n) is 5.48. The molecule has 3 N–H and O–H groups in total. The van der Waals surface area contributed by atoms with Crippen molar-refractivity contribution in [1.29, 1.82) is 0 Å². The van der Waals surface area contributed by atoms with Crippen LogP contribution in [0.15, 0.2) is 35.4 Å². The van der Waals surface area contributed by atoms with Gasteiger partial charge in [0.2, 0.25) is 10.0 Å². The van der Waals surface area contributed by atoms with Crippen LogP contribution in [0.1, 0.15) is 31.7 Å². The molecule has 6 heteroatoms. The molecule has 1 heterocycles. The van der Waals surface area contributed by atoms with Gasteiger partial charge in [0.05, 0.1) is 10.4 Å². The predicted octanol–water partition coefficient (Wildman–Crippen LogP) is 2.34. The minimum atomic E-state index is -3.62. The minimum Gasteiger partial charge on any atom is -0.329 e. The van der Waals surface area contributed by atoms with E-state index >= 15 is 0 Å². The van der Waals surface area contributed by atoms with Gasteiger partial charge >= 0.3 is 0 Å². The zero-order valence-corrected chi connectivity index (χ0v) is 13.9. The van der Waals surface area contributed by atoms with Crippen molar-refractivity contribution in [2.24, 2.45) is 5.73 Å². The molecule has 0 saturated carbocycles. The Balaban J connectivity index is 2.39. The van der Waals surface area contributed by atoms with Gasteiger partial charge < -0.3 is 5.73 Å². The Kier molecular flexibility index (Phi) is 5.50. The van der Waals surface area contributed by atoms with Crippen LogP contribution >= 0.6 is 0 Å². The Bertz CT molecular complexity index is 744. The van der Waals surface area contributed by atoms with Gasteiger partial charge in [0.1, 0.15) is 0 Å². The number of sulfonamides is 1. The summed E-state index contributed by atoms with van der Waals surface area (Å²) in [5, 5.41) is 0.640. The number of unbranched alkanes of at least 4 members (excludes halogenated alkanes) is 1. The van der Waals surface area contributed by atoms with Crippen molar-refractivity contribution < 1.29 is 8.42 Å². The average Bonchev–Trinajstić information content (AvgIpc) is 2.51. The van der Waals surface area contributed by atoms with Crippen molar-refractivity contribution in [2.45, 2.75) is 44.0 Å². The molecule has 1 atom stereocenters. The SMILES string of the molecule is CCCCC(CN)NS(=O)(=O)c1ccc(C)c2ncccc12. The van der Waals surface area contributed by atoms with Crippen LogP contribution in [0.4, 0.5) is 0 Å². The van der Waals surface area contributed by atoms with E-state index in [0.717, 1.165) is 24.8 Å². The molecule has 0 aliphatic carbocycles. The van der Waals surface area contributed by atoms with Gasteiger partial charge in [-0.25, -0.2) is 13.1 Å². The number of benzene rings is 1. The molecule has 0 aliphatic heterocycles. The standard InChI is InChI=1S/C16H23N3O2S/c1-3-4-6-13(11-17)19-22(20,21)15-9-8-12(2)16-14(15)7-5-10-18-16/h5,7-10,13,19H,3-4,6,11,17H2,1-2H3. The Hall–Kier alpha value is -1.50. The summed E-state index contributed by atoms with van der Waals surface area (Å²) in [6, 6.07) is 6.71. The molecular formula is C16H23N3O2S. The molecule has 120 valence electrons. The van der Waals surface area contributed by atoms with Crippen LogP contribution in [-0.4, -0.2) is 26.0 Å². The molecule has 2 rings (SSSR count). The lowest BCUT2D eigenvalue weighted by Crippen LogP contribution is -2.40. The Morgan fingerprint density at radius 3 is 2.77 bits per heavy atom. The van der Waals surface area contributed by atoms with Gasteiger partial charge in [-0.2, -0.15) is 0 Å². The smallest absolute Gasteiger partial charge is 0.241 e. The number of rotatable bonds is 7. The highest BCUT2D eigenvalue weighted by molar-refractivity contribution is 7.89. The Morgan fingerprint density at radius 1 is 1.32 bits per heavy atom. The molecule has 1 aromatic heterocycles. The Morgan fingerprint density at radius 2 is 2.09 bits per heavy atom. The van der Waals surface area contributed by atoms with Crippen molar-refractivity contribution in [3.05, 3.63) is 36.0 Å². The van der Waals surface area contributed by atoms with Crippen LogP contribution < -0.4 is 10.5 Å². The fourth-order valence-electron chi connectivity index (χ4n) is 2.48. The molecule has 0 saturated heterocycles. The third-order valence-corrected chi connectivity index (χ3v) is 5.31.